The Bertz CT molecular complexity index is 721. The molecular formula is C17H13BrF3NO. The quantitative estimate of drug-likeness (QED) is 0.802. The normalized spacial score (nSPS) is 18.1. The third-order valence-electron chi connectivity index (χ3n) is 4.05. The van der Waals surface area contributed by atoms with Gasteiger partial charge >= 0.3 is 0 Å². The molecule has 0 aliphatic heterocycles. The molecule has 1 saturated carbocycles. The molecular weight excluding hydrogens is 371 g/mol. The summed E-state index contributed by atoms with van der Waals surface area (Å²) in [5.41, 5.74) is -0.340. The number of halogens is 4. The molecule has 2 nitrogen and oxygen atoms in total. The van der Waals surface area contributed by atoms with E-state index >= 15 is 0 Å². The van der Waals surface area contributed by atoms with E-state index in [2.05, 4.69) is 21.2 Å². The highest BCUT2D eigenvalue weighted by Gasteiger charge is 2.61. The summed E-state index contributed by atoms with van der Waals surface area (Å²) in [5.74, 6) is -3.79. The largest absolute Gasteiger partial charge is 0.325 e. The van der Waals surface area contributed by atoms with Crippen molar-refractivity contribution in [1.29, 1.82) is 0 Å². The van der Waals surface area contributed by atoms with Crippen molar-refractivity contribution in [2.45, 2.75) is 24.2 Å². The van der Waals surface area contributed by atoms with Gasteiger partial charge in [0.25, 0.3) is 5.92 Å². The van der Waals surface area contributed by atoms with Gasteiger partial charge in [-0.05, 0) is 42.0 Å². The van der Waals surface area contributed by atoms with Gasteiger partial charge in [0.2, 0.25) is 5.91 Å². The number of carbonyl (C=O) groups is 1. The maximum absolute atomic E-state index is 13.5. The molecule has 3 rings (SSSR count). The van der Waals surface area contributed by atoms with E-state index in [0.29, 0.717) is 11.3 Å². The van der Waals surface area contributed by atoms with Crippen LogP contribution in [0, 0.1) is 5.82 Å². The lowest BCUT2D eigenvalue weighted by Crippen LogP contribution is -2.56. The predicted molar refractivity (Wildman–Crippen MR) is 85.0 cm³/mol. The molecule has 0 heterocycles. The topological polar surface area (TPSA) is 29.1 Å². The summed E-state index contributed by atoms with van der Waals surface area (Å²) in [7, 11) is 0. The summed E-state index contributed by atoms with van der Waals surface area (Å²) in [6.07, 6.45) is -1.07. The van der Waals surface area contributed by atoms with Gasteiger partial charge in [-0.15, -0.1) is 0 Å². The van der Waals surface area contributed by atoms with Crippen molar-refractivity contribution in [3.05, 3.63) is 64.4 Å². The van der Waals surface area contributed by atoms with Crippen LogP contribution in [0.25, 0.3) is 0 Å². The molecule has 6 heteroatoms. The second kappa shape index (κ2) is 5.67. The molecule has 1 amide bonds. The van der Waals surface area contributed by atoms with Crippen molar-refractivity contribution < 1.29 is 18.0 Å². The number of rotatable bonds is 3. The van der Waals surface area contributed by atoms with Crippen LogP contribution in [0.15, 0.2) is 53.0 Å². The fourth-order valence-corrected chi connectivity index (χ4v) is 3.14. The molecule has 2 aromatic carbocycles. The van der Waals surface area contributed by atoms with E-state index in [1.165, 1.54) is 24.3 Å². The highest BCUT2D eigenvalue weighted by Crippen LogP contribution is 2.54. The van der Waals surface area contributed by atoms with Crippen LogP contribution in [0.4, 0.5) is 18.9 Å². The molecule has 0 spiro atoms. The Morgan fingerprint density at radius 2 is 1.57 bits per heavy atom. The van der Waals surface area contributed by atoms with Gasteiger partial charge in [0.15, 0.2) is 0 Å². The third-order valence-corrected chi connectivity index (χ3v) is 4.58. The Labute approximate surface area is 139 Å². The monoisotopic (exact) mass is 383 g/mol. The second-order valence-electron chi connectivity index (χ2n) is 5.76. The number of benzene rings is 2. The van der Waals surface area contributed by atoms with Gasteiger partial charge in [-0.25, -0.2) is 13.2 Å². The Kier molecular flexibility index (Phi) is 3.96. The van der Waals surface area contributed by atoms with Crippen LogP contribution in [-0.4, -0.2) is 11.8 Å². The number of hydrogen-bond donors (Lipinski definition) is 1. The van der Waals surface area contributed by atoms with Crippen LogP contribution < -0.4 is 5.32 Å². The molecule has 0 aromatic heterocycles. The molecule has 1 aliphatic rings. The van der Waals surface area contributed by atoms with E-state index in [1.807, 2.05) is 0 Å². The number of alkyl halides is 2. The smallest absolute Gasteiger partial charge is 0.250 e. The average Bonchev–Trinajstić information content (AvgIpc) is 2.47. The van der Waals surface area contributed by atoms with Crippen molar-refractivity contribution >= 4 is 27.5 Å². The van der Waals surface area contributed by atoms with Crippen molar-refractivity contribution in [3.8, 4) is 0 Å². The lowest BCUT2D eigenvalue weighted by molar-refractivity contribution is -0.154. The number of carbonyl (C=O) groups excluding carboxylic acids is 1. The molecule has 0 bridgehead atoms. The third kappa shape index (κ3) is 3.13. The van der Waals surface area contributed by atoms with E-state index in [4.69, 9.17) is 0 Å². The van der Waals surface area contributed by atoms with Crippen LogP contribution in [0.1, 0.15) is 18.4 Å². The first-order valence-electron chi connectivity index (χ1n) is 7.02. The highest BCUT2D eigenvalue weighted by molar-refractivity contribution is 9.10. The van der Waals surface area contributed by atoms with Crippen LogP contribution in [0.2, 0.25) is 0 Å². The summed E-state index contributed by atoms with van der Waals surface area (Å²) in [4.78, 5) is 12.6. The molecule has 2 aromatic rings. The van der Waals surface area contributed by atoms with Gasteiger partial charge in [-0.1, -0.05) is 28.1 Å². The molecule has 1 fully saturated rings. The van der Waals surface area contributed by atoms with Crippen molar-refractivity contribution in [3.63, 3.8) is 0 Å². The second-order valence-corrected chi connectivity index (χ2v) is 6.68. The zero-order chi connectivity index (χ0) is 16.7. The Balaban J connectivity index is 1.88. The lowest BCUT2D eigenvalue weighted by atomic mass is 9.61. The van der Waals surface area contributed by atoms with Gasteiger partial charge in [-0.2, -0.15) is 0 Å². The molecule has 120 valence electrons. The van der Waals surface area contributed by atoms with Crippen molar-refractivity contribution in [2.24, 2.45) is 0 Å². The first-order valence-corrected chi connectivity index (χ1v) is 7.81. The summed E-state index contributed by atoms with van der Waals surface area (Å²) in [5, 5.41) is 2.61. The zero-order valence-electron chi connectivity index (χ0n) is 12.0. The van der Waals surface area contributed by atoms with E-state index in [0.717, 1.165) is 4.47 Å². The summed E-state index contributed by atoms with van der Waals surface area (Å²) < 4.78 is 40.8. The highest BCUT2D eigenvalue weighted by atomic mass is 79.9. The first-order chi connectivity index (χ1) is 10.8. The molecule has 0 atom stereocenters. The van der Waals surface area contributed by atoms with Gasteiger partial charge in [0.05, 0.1) is 5.41 Å². The van der Waals surface area contributed by atoms with E-state index in [9.17, 15) is 18.0 Å². The maximum atomic E-state index is 13.5. The predicted octanol–water partition coefficient (Wildman–Crippen LogP) is 4.89. The van der Waals surface area contributed by atoms with Crippen LogP contribution in [0.5, 0.6) is 0 Å². The Morgan fingerprint density at radius 3 is 2.09 bits per heavy atom. The fourth-order valence-electron chi connectivity index (χ4n) is 2.88. The number of nitrogens with one attached hydrogen (secondary N) is 1. The van der Waals surface area contributed by atoms with Crippen molar-refractivity contribution in [1.82, 2.24) is 0 Å². The minimum absolute atomic E-state index is 0.378. The maximum Gasteiger partial charge on any atom is 0.250 e. The summed E-state index contributed by atoms with van der Waals surface area (Å²) in [6.45, 7) is 0. The molecule has 0 unspecified atom stereocenters. The van der Waals surface area contributed by atoms with Gasteiger partial charge in [-0.3, -0.25) is 4.79 Å². The van der Waals surface area contributed by atoms with E-state index in [1.54, 1.807) is 24.3 Å². The van der Waals surface area contributed by atoms with E-state index in [-0.39, 0.29) is 0 Å². The molecule has 0 radical (unpaired) electrons. The minimum Gasteiger partial charge on any atom is -0.325 e. The standard InChI is InChI=1S/C17H13BrF3NO/c18-12-3-1-11(2-4-12)16(9-17(20,21)10-16)15(23)22-14-7-5-13(19)6-8-14/h1-8H,9-10H2,(H,22,23). The van der Waals surface area contributed by atoms with Crippen LogP contribution >= 0.6 is 15.9 Å². The van der Waals surface area contributed by atoms with E-state index < -0.39 is 35.9 Å². The van der Waals surface area contributed by atoms with Crippen molar-refractivity contribution in [2.75, 3.05) is 5.32 Å². The number of hydrogen-bond acceptors (Lipinski definition) is 1. The number of anilines is 1. The van der Waals surface area contributed by atoms with Gasteiger partial charge in [0.1, 0.15) is 5.82 Å². The molecule has 0 saturated heterocycles. The molecule has 1 aliphatic carbocycles. The van der Waals surface area contributed by atoms with Gasteiger partial charge < -0.3 is 5.32 Å². The Morgan fingerprint density at radius 1 is 1.00 bits per heavy atom. The summed E-state index contributed by atoms with van der Waals surface area (Å²) >= 11 is 3.29. The molecule has 1 N–H and O–H groups in total. The SMILES string of the molecule is O=C(Nc1ccc(F)cc1)C1(c2ccc(Br)cc2)CC(F)(F)C1. The summed E-state index contributed by atoms with van der Waals surface area (Å²) in [6, 6.07) is 12.0. The zero-order valence-corrected chi connectivity index (χ0v) is 13.5. The van der Waals surface area contributed by atoms with Crippen LogP contribution in [0.3, 0.4) is 0 Å². The van der Waals surface area contributed by atoms with Crippen LogP contribution in [-0.2, 0) is 10.2 Å². The first kappa shape index (κ1) is 16.1. The average molecular weight is 384 g/mol. The lowest BCUT2D eigenvalue weighted by Gasteiger charge is -2.46. The Hall–Kier alpha value is -1.82. The van der Waals surface area contributed by atoms with Gasteiger partial charge in [0, 0.05) is 23.0 Å². The molecule has 23 heavy (non-hydrogen) atoms. The minimum atomic E-state index is -2.85. The fraction of sp³-hybridized carbons (Fsp3) is 0.235. The number of amides is 1.